The molecule has 0 N–H and O–H groups in total. The number of esters is 8. The second kappa shape index (κ2) is 23.6. The van der Waals surface area contributed by atoms with E-state index in [0.717, 1.165) is 63.2 Å². The summed E-state index contributed by atoms with van der Waals surface area (Å²) < 4.78 is 51.7. The van der Waals surface area contributed by atoms with Crippen LogP contribution >= 0.6 is 0 Å². The van der Waals surface area contributed by atoms with Crippen LogP contribution in [-0.2, 0) is 81.0 Å². The first kappa shape index (κ1) is 67.9. The Bertz CT molecular complexity index is 3310. The van der Waals surface area contributed by atoms with E-state index in [4.69, 9.17) is 42.6 Å². The van der Waals surface area contributed by atoms with Crippen LogP contribution in [0, 0.1) is 217 Å². The predicted octanol–water partition coefficient (Wildman–Crippen LogP) is 12.1. The van der Waals surface area contributed by atoms with E-state index in [9.17, 15) is 38.4 Å². The van der Waals surface area contributed by atoms with Gasteiger partial charge in [0.25, 0.3) is 0 Å². The van der Waals surface area contributed by atoms with Gasteiger partial charge in [-0.2, -0.15) is 0 Å². The molecule has 0 aromatic rings. The number of carbonyl (C=O) groups is 8. The van der Waals surface area contributed by atoms with Gasteiger partial charge in [-0.3, -0.25) is 38.4 Å². The van der Waals surface area contributed by atoms with Crippen LogP contribution in [0.5, 0.6) is 0 Å². The van der Waals surface area contributed by atoms with Crippen LogP contribution in [0.25, 0.3) is 0 Å². The number of rotatable bonds is 13. The average molecular weight is 1370 g/mol. The van der Waals surface area contributed by atoms with Crippen molar-refractivity contribution < 1.29 is 81.0 Å². The van der Waals surface area contributed by atoms with Gasteiger partial charge in [-0.1, -0.05) is 34.6 Å². The van der Waals surface area contributed by atoms with Gasteiger partial charge in [0, 0.05) is 36.7 Å². The Kier molecular flexibility index (Phi) is 16.2. The van der Waals surface area contributed by atoms with Gasteiger partial charge < -0.3 is 42.6 Å². The van der Waals surface area contributed by atoms with Gasteiger partial charge in [0.05, 0.1) is 77.9 Å². The van der Waals surface area contributed by atoms with Gasteiger partial charge in [0.2, 0.25) is 0 Å². The van der Waals surface area contributed by atoms with Gasteiger partial charge in [0.15, 0.2) is 0 Å². The summed E-state index contributed by atoms with van der Waals surface area (Å²) in [6, 6.07) is 0. The summed E-state index contributed by atoms with van der Waals surface area (Å²) in [5.41, 5.74) is -1.65. The minimum Gasteiger partial charge on any atom is -0.465 e. The lowest BCUT2D eigenvalue weighted by atomic mass is 9.61. The first-order valence-electron chi connectivity index (χ1n) is 40.1. The van der Waals surface area contributed by atoms with E-state index in [1.807, 2.05) is 83.1 Å². The second-order valence-electron chi connectivity index (χ2n) is 39.2. The zero-order valence-electron chi connectivity index (χ0n) is 61.6. The molecule has 16 aliphatic carbocycles. The maximum Gasteiger partial charge on any atom is 0.311 e. The Hall–Kier alpha value is -4.28. The number of cyclic esters (lactones) is 4. The monoisotopic (exact) mass is 1370 g/mol. The van der Waals surface area contributed by atoms with Crippen LogP contribution < -0.4 is 0 Å². The van der Waals surface area contributed by atoms with Crippen LogP contribution in [0.2, 0.25) is 0 Å². The largest absolute Gasteiger partial charge is 0.465 e. The van der Waals surface area contributed by atoms with E-state index >= 15 is 0 Å². The summed E-state index contributed by atoms with van der Waals surface area (Å²) in [5.74, 6) is 16.9. The molecule has 17 heteroatoms. The van der Waals surface area contributed by atoms with Crippen molar-refractivity contribution in [2.75, 3.05) is 33.5 Å². The lowest BCUT2D eigenvalue weighted by molar-refractivity contribution is -0.178. The normalized spacial score (nSPS) is 51.1. The molecule has 546 valence electrons. The molecule has 99 heavy (non-hydrogen) atoms. The highest BCUT2D eigenvalue weighted by Gasteiger charge is 2.77. The fourth-order valence-corrected chi connectivity index (χ4v) is 29.1. The Balaban J connectivity index is 0.0000000990. The van der Waals surface area contributed by atoms with Crippen molar-refractivity contribution in [1.82, 2.24) is 0 Å². The highest BCUT2D eigenvalue weighted by atomic mass is 16.6. The van der Waals surface area contributed by atoms with Crippen molar-refractivity contribution >= 4 is 47.8 Å². The third-order valence-electron chi connectivity index (χ3n) is 34.7. The molecular weight excluding hydrogens is 1260 g/mol. The molecule has 0 amide bonds. The maximum atomic E-state index is 12.7. The van der Waals surface area contributed by atoms with E-state index < -0.39 is 16.2 Å². The van der Waals surface area contributed by atoms with Crippen LogP contribution in [0.3, 0.4) is 0 Å². The number of hydrogen-bond acceptors (Lipinski definition) is 17. The van der Waals surface area contributed by atoms with Crippen molar-refractivity contribution in [3.05, 3.63) is 0 Å². The number of ether oxygens (including phenoxy) is 9. The number of fused-ring (bicyclic) bond motifs is 48. The fraction of sp³-hybridized carbons (Fsp3) is 0.902. The summed E-state index contributed by atoms with van der Waals surface area (Å²) in [6.07, 6.45) is 14.9. The Morgan fingerprint density at radius 2 is 0.596 bits per heavy atom. The molecule has 16 saturated carbocycles. The number of methoxy groups -OCH3 is 1. The molecule has 20 aliphatic rings. The zero-order chi connectivity index (χ0) is 69.6. The van der Waals surface area contributed by atoms with Crippen molar-refractivity contribution in [3.63, 3.8) is 0 Å². The molecule has 38 unspecified atom stereocenters. The average Bonchev–Trinajstić information content (AvgIpc) is 1.54. The van der Waals surface area contributed by atoms with E-state index in [2.05, 4.69) is 6.92 Å². The van der Waals surface area contributed by atoms with E-state index in [1.165, 1.54) is 38.5 Å². The van der Waals surface area contributed by atoms with Gasteiger partial charge in [0.1, 0.15) is 24.4 Å². The van der Waals surface area contributed by atoms with Gasteiger partial charge >= 0.3 is 47.8 Å². The summed E-state index contributed by atoms with van der Waals surface area (Å²) in [6.45, 7) is 28.8. The maximum absolute atomic E-state index is 12.7. The molecule has 4 heterocycles. The first-order chi connectivity index (χ1) is 47.1. The Morgan fingerprint density at radius 1 is 0.323 bits per heavy atom. The minimum atomic E-state index is -0.464. The van der Waals surface area contributed by atoms with Gasteiger partial charge in [-0.25, -0.2) is 0 Å². The summed E-state index contributed by atoms with van der Waals surface area (Å²) in [7, 11) is 1.75. The van der Waals surface area contributed by atoms with Gasteiger partial charge in [-0.05, 0) is 287 Å². The summed E-state index contributed by atoms with van der Waals surface area (Å²) >= 11 is 0. The molecule has 20 rings (SSSR count). The zero-order valence-corrected chi connectivity index (χ0v) is 61.6. The molecule has 4 saturated heterocycles. The second-order valence-corrected chi connectivity index (χ2v) is 39.2. The van der Waals surface area contributed by atoms with E-state index in [1.54, 1.807) is 7.11 Å². The van der Waals surface area contributed by atoms with Crippen molar-refractivity contribution in [2.24, 2.45) is 217 Å². The van der Waals surface area contributed by atoms with Crippen LogP contribution in [0.1, 0.15) is 180 Å². The van der Waals surface area contributed by atoms with Crippen LogP contribution in [0.4, 0.5) is 0 Å². The molecular formula is C82H116O17. The molecule has 20 fully saturated rings. The first-order valence-corrected chi connectivity index (χ1v) is 40.1. The topological polar surface area (TPSA) is 220 Å². The van der Waals surface area contributed by atoms with E-state index in [0.29, 0.717) is 186 Å². The Morgan fingerprint density at radius 3 is 0.980 bits per heavy atom. The molecule has 38 atom stereocenters. The molecule has 0 spiro atoms. The fourth-order valence-electron chi connectivity index (χ4n) is 29.1. The smallest absolute Gasteiger partial charge is 0.311 e. The van der Waals surface area contributed by atoms with Crippen LogP contribution in [0.15, 0.2) is 0 Å². The number of hydrogen-bond donors (Lipinski definition) is 0. The Labute approximate surface area is 587 Å². The minimum absolute atomic E-state index is 0.00804. The SMILES string of the molecule is CCC(C)(C)C(=O)OC1C(C)C2CC1C1C3CC(C4COC(=O)C43)C21.CCC(C)(C)C(=O)OC1C2CC(C1OC)C1C3CC(C4C(=O)OCC34)C21.CCC(C)(C)C(=O)OC1CC2CC1C1C3CC(C4C(=O)OCC34)C21.CCC(C)(C)C(=O)OC1CC2CC1C1C3CC(C4COC(=O)C43)C21. The third kappa shape index (κ3) is 9.66. The van der Waals surface area contributed by atoms with Crippen molar-refractivity contribution in [1.29, 1.82) is 0 Å². The molecule has 0 aromatic carbocycles. The lowest BCUT2D eigenvalue weighted by Crippen LogP contribution is -2.50. The van der Waals surface area contributed by atoms with Crippen LogP contribution in [-0.4, -0.2) is 112 Å². The molecule has 4 aliphatic heterocycles. The molecule has 16 bridgehead atoms. The third-order valence-corrected chi connectivity index (χ3v) is 34.7. The predicted molar refractivity (Wildman–Crippen MR) is 357 cm³/mol. The number of carbonyl (C=O) groups excluding carboxylic acids is 8. The molecule has 17 nitrogen and oxygen atoms in total. The lowest BCUT2D eigenvalue weighted by Gasteiger charge is -2.44. The standard InChI is InChI=1S/C21H30O5.C21H30O4.2C20H28O4/c1-5-21(2,3)20(23)26-18-12-7-11(17(18)24-4)14-9-6-10(15(12)14)16-13(9)8-25-19(16)22;1-5-21(3,4)20(23)25-18-9(2)10-6-13(18)16-12-7-11(15(10)16)14-8-24-19(22)17(12)14;1-4-20(2,3)19(22)24-14-6-9-5-11(14)16-10-7-12(15(9)16)17-13(10)8-23-18(17)21;1-4-20(2,3)19(22)24-14-6-9-5-11(14)16-12-7-10(15(9)16)13-8-23-18(21)17(12)13/h9-18H,5-8H2,1-4H3;9-18H,5-8H2,1-4H3;2*9-17H,4-8H2,1-3H3. The van der Waals surface area contributed by atoms with Crippen molar-refractivity contribution in [3.8, 4) is 0 Å². The molecule has 0 aromatic heterocycles. The van der Waals surface area contributed by atoms with Gasteiger partial charge in [-0.15, -0.1) is 0 Å². The van der Waals surface area contributed by atoms with Crippen molar-refractivity contribution in [2.45, 2.75) is 210 Å². The summed E-state index contributed by atoms with van der Waals surface area (Å²) in [4.78, 5) is 99.2. The quantitative estimate of drug-likeness (QED) is 0.0950. The van der Waals surface area contributed by atoms with E-state index in [-0.39, 0.29) is 107 Å². The summed E-state index contributed by atoms with van der Waals surface area (Å²) in [5, 5.41) is 0. The highest BCUT2D eigenvalue weighted by molar-refractivity contribution is 5.80. The highest BCUT2D eigenvalue weighted by Crippen LogP contribution is 2.76. The molecule has 0 radical (unpaired) electrons.